The highest BCUT2D eigenvalue weighted by molar-refractivity contribution is 7.92. The van der Waals surface area contributed by atoms with Crippen molar-refractivity contribution in [2.75, 3.05) is 16.7 Å². The number of carboxylic acids is 2. The van der Waals surface area contributed by atoms with Crippen LogP contribution in [0.1, 0.15) is 27.0 Å². The first-order valence-corrected chi connectivity index (χ1v) is 12.1. The van der Waals surface area contributed by atoms with Gasteiger partial charge >= 0.3 is 18.1 Å². The number of carboxylic acid groups (broad SMARTS) is 2. The Morgan fingerprint density at radius 2 is 1.54 bits per heavy atom. The summed E-state index contributed by atoms with van der Waals surface area (Å²) in [6, 6.07) is 19.4. The van der Waals surface area contributed by atoms with Gasteiger partial charge in [-0.2, -0.15) is 13.2 Å². The van der Waals surface area contributed by atoms with Crippen LogP contribution in [0.3, 0.4) is 0 Å². The molecule has 37 heavy (non-hydrogen) atoms. The van der Waals surface area contributed by atoms with Crippen LogP contribution in [-0.4, -0.2) is 43.8 Å². The first-order valence-electron chi connectivity index (χ1n) is 10.6. The lowest BCUT2D eigenvalue weighted by atomic mass is 10.1. The zero-order valence-electron chi connectivity index (χ0n) is 20.1. The van der Waals surface area contributed by atoms with Crippen molar-refractivity contribution in [1.29, 1.82) is 0 Å². The zero-order chi connectivity index (χ0) is 28.0. The first kappa shape index (κ1) is 29.2. The van der Waals surface area contributed by atoms with Crippen LogP contribution in [0.2, 0.25) is 0 Å². The van der Waals surface area contributed by atoms with Gasteiger partial charge in [-0.3, -0.25) is 4.72 Å². The molecule has 0 unspecified atom stereocenters. The van der Waals surface area contributed by atoms with E-state index in [1.165, 1.54) is 6.07 Å². The molecule has 8 nitrogen and oxygen atoms in total. The third-order valence-corrected chi connectivity index (χ3v) is 6.55. The maximum absolute atomic E-state index is 12.8. The molecule has 0 atom stereocenters. The average Bonchev–Trinajstić information content (AvgIpc) is 2.80. The Balaban J connectivity index is 0.000000604. The minimum atomic E-state index is -5.08. The Bertz CT molecular complexity index is 1380. The van der Waals surface area contributed by atoms with Crippen LogP contribution in [0.5, 0.6) is 0 Å². The Kier molecular flexibility index (Phi) is 9.29. The number of aliphatic carboxylic acids is 1. The summed E-state index contributed by atoms with van der Waals surface area (Å²) in [7, 11) is -2.05. The van der Waals surface area contributed by atoms with E-state index in [9.17, 15) is 31.5 Å². The number of carbonyl (C=O) groups is 2. The molecule has 0 bridgehead atoms. The normalized spacial score (nSPS) is 11.2. The monoisotopic (exact) mass is 538 g/mol. The average molecular weight is 539 g/mol. The number of aromatic carboxylic acids is 1. The van der Waals surface area contributed by atoms with Gasteiger partial charge in [-0.25, -0.2) is 18.0 Å². The Morgan fingerprint density at radius 3 is 2.08 bits per heavy atom. The van der Waals surface area contributed by atoms with Crippen molar-refractivity contribution >= 4 is 33.3 Å². The maximum Gasteiger partial charge on any atom is 0.490 e. The predicted octanol–water partition coefficient (Wildman–Crippen LogP) is 5.07. The second kappa shape index (κ2) is 11.8. The van der Waals surface area contributed by atoms with E-state index in [1.807, 2.05) is 48.2 Å². The number of sulfonamides is 1. The number of aryl methyl sites for hydroxylation is 2. The summed E-state index contributed by atoms with van der Waals surface area (Å²) in [4.78, 5) is 22.7. The van der Waals surface area contributed by atoms with Gasteiger partial charge in [0.1, 0.15) is 0 Å². The minimum absolute atomic E-state index is 0.0228. The number of alkyl halides is 3. The number of anilines is 2. The Hall–Kier alpha value is -4.06. The molecular formula is C25H25F3N2O6S. The molecule has 0 radical (unpaired) electrons. The second-order valence-electron chi connectivity index (χ2n) is 8.06. The molecule has 0 aliphatic heterocycles. The van der Waals surface area contributed by atoms with E-state index in [2.05, 4.69) is 4.72 Å². The third-order valence-electron chi connectivity index (χ3n) is 5.03. The van der Waals surface area contributed by atoms with Crippen LogP contribution in [0.15, 0.2) is 71.6 Å². The van der Waals surface area contributed by atoms with Crippen LogP contribution >= 0.6 is 0 Å². The summed E-state index contributed by atoms with van der Waals surface area (Å²) < 4.78 is 59.9. The number of nitrogens with zero attached hydrogens (tertiary/aromatic N) is 1. The predicted molar refractivity (Wildman–Crippen MR) is 132 cm³/mol. The Morgan fingerprint density at radius 1 is 0.946 bits per heavy atom. The van der Waals surface area contributed by atoms with E-state index in [-0.39, 0.29) is 16.1 Å². The van der Waals surface area contributed by atoms with Crippen molar-refractivity contribution in [1.82, 2.24) is 0 Å². The maximum atomic E-state index is 12.8. The number of benzene rings is 3. The van der Waals surface area contributed by atoms with Gasteiger partial charge in [0.25, 0.3) is 10.0 Å². The van der Waals surface area contributed by atoms with Crippen LogP contribution in [0.25, 0.3) is 0 Å². The summed E-state index contributed by atoms with van der Waals surface area (Å²) in [6.45, 7) is 4.06. The van der Waals surface area contributed by atoms with Gasteiger partial charge in [0.05, 0.1) is 16.1 Å². The molecule has 0 heterocycles. The molecular weight excluding hydrogens is 513 g/mol. The largest absolute Gasteiger partial charge is 0.490 e. The summed E-state index contributed by atoms with van der Waals surface area (Å²) in [5.74, 6) is -3.88. The van der Waals surface area contributed by atoms with E-state index >= 15 is 0 Å². The first-order chi connectivity index (χ1) is 17.1. The van der Waals surface area contributed by atoms with Gasteiger partial charge in [-0.15, -0.1) is 0 Å². The molecule has 198 valence electrons. The molecule has 0 spiro atoms. The summed E-state index contributed by atoms with van der Waals surface area (Å²) in [5, 5.41) is 16.8. The lowest BCUT2D eigenvalue weighted by Crippen LogP contribution is -2.21. The molecule has 3 aromatic rings. The van der Waals surface area contributed by atoms with Gasteiger partial charge in [-0.1, -0.05) is 42.5 Å². The lowest BCUT2D eigenvalue weighted by Gasteiger charge is -2.22. The highest BCUT2D eigenvalue weighted by Gasteiger charge is 2.38. The number of halogens is 3. The highest BCUT2D eigenvalue weighted by atomic mass is 32.2. The van der Waals surface area contributed by atoms with Crippen molar-refractivity contribution in [3.63, 3.8) is 0 Å². The molecule has 3 N–H and O–H groups in total. The molecule has 0 aliphatic rings. The molecule has 0 fully saturated rings. The molecule has 3 rings (SSSR count). The molecule has 0 aromatic heterocycles. The van der Waals surface area contributed by atoms with Gasteiger partial charge in [0.2, 0.25) is 0 Å². The number of rotatable bonds is 7. The SMILES string of the molecule is Cc1ccc(C)c(S(=O)(=O)Nc2ccc(N(C)Cc3ccccc3)c(C(=O)O)c2)c1.O=C(O)C(F)(F)F. The van der Waals surface area contributed by atoms with Crippen LogP contribution in [0, 0.1) is 13.8 Å². The van der Waals surface area contributed by atoms with Crippen molar-refractivity contribution in [3.8, 4) is 0 Å². The second-order valence-corrected chi connectivity index (χ2v) is 9.71. The Labute approximate surface area is 212 Å². The fraction of sp³-hybridized carbons (Fsp3) is 0.200. The van der Waals surface area contributed by atoms with E-state index in [0.29, 0.717) is 17.8 Å². The van der Waals surface area contributed by atoms with E-state index in [4.69, 9.17) is 9.90 Å². The summed E-state index contributed by atoms with van der Waals surface area (Å²) >= 11 is 0. The van der Waals surface area contributed by atoms with Crippen molar-refractivity contribution in [2.45, 2.75) is 31.5 Å². The van der Waals surface area contributed by atoms with Crippen molar-refractivity contribution < 1.29 is 41.4 Å². The van der Waals surface area contributed by atoms with Crippen molar-refractivity contribution in [2.24, 2.45) is 0 Å². The fourth-order valence-electron chi connectivity index (χ4n) is 3.25. The van der Waals surface area contributed by atoms with Gasteiger partial charge < -0.3 is 15.1 Å². The zero-order valence-corrected chi connectivity index (χ0v) is 20.9. The standard InChI is InChI=1S/C23H24N2O4S.C2HF3O2/c1-16-9-10-17(2)22(13-16)30(28,29)24-19-11-12-21(20(14-19)23(26)27)25(3)15-18-7-5-4-6-8-18;3-2(4,5)1(6)7/h4-14,24H,15H2,1-3H3,(H,26,27);(H,6,7). The lowest BCUT2D eigenvalue weighted by molar-refractivity contribution is -0.192. The third kappa shape index (κ3) is 8.24. The van der Waals surface area contributed by atoms with Crippen LogP contribution in [0.4, 0.5) is 24.5 Å². The molecule has 0 saturated carbocycles. The van der Waals surface area contributed by atoms with Gasteiger partial charge in [0, 0.05) is 19.3 Å². The molecule has 0 saturated heterocycles. The number of nitrogens with one attached hydrogen (secondary N) is 1. The van der Waals surface area contributed by atoms with Crippen molar-refractivity contribution in [3.05, 3.63) is 89.0 Å². The van der Waals surface area contributed by atoms with E-state index in [1.54, 1.807) is 38.2 Å². The van der Waals surface area contributed by atoms with E-state index in [0.717, 1.165) is 11.1 Å². The fourth-order valence-corrected chi connectivity index (χ4v) is 4.63. The molecule has 0 aliphatic carbocycles. The van der Waals surface area contributed by atoms with Gasteiger partial charge in [0.15, 0.2) is 0 Å². The van der Waals surface area contributed by atoms with Crippen LogP contribution in [-0.2, 0) is 21.4 Å². The summed E-state index contributed by atoms with van der Waals surface area (Å²) in [6.07, 6.45) is -5.08. The smallest absolute Gasteiger partial charge is 0.478 e. The number of hydrogen-bond donors (Lipinski definition) is 3. The van der Waals surface area contributed by atoms with Gasteiger partial charge in [-0.05, 0) is 54.8 Å². The quantitative estimate of drug-likeness (QED) is 0.384. The van der Waals surface area contributed by atoms with Crippen LogP contribution < -0.4 is 9.62 Å². The number of hydrogen-bond acceptors (Lipinski definition) is 5. The summed E-state index contributed by atoms with van der Waals surface area (Å²) in [5.41, 5.74) is 3.20. The highest BCUT2D eigenvalue weighted by Crippen LogP contribution is 2.27. The molecule has 3 aromatic carbocycles. The van der Waals surface area contributed by atoms with E-state index < -0.39 is 28.1 Å². The molecule has 12 heteroatoms. The minimum Gasteiger partial charge on any atom is -0.478 e. The topological polar surface area (TPSA) is 124 Å². The molecule has 0 amide bonds.